The molecule has 0 spiro atoms. The van der Waals surface area contributed by atoms with Gasteiger partial charge in [0.2, 0.25) is 0 Å². The van der Waals surface area contributed by atoms with Crippen LogP contribution in [0, 0.1) is 0 Å². The topological polar surface area (TPSA) is 98.1 Å². The van der Waals surface area contributed by atoms with E-state index in [-0.39, 0.29) is 17.3 Å². The van der Waals surface area contributed by atoms with E-state index >= 15 is 0 Å². The summed E-state index contributed by atoms with van der Waals surface area (Å²) in [6.07, 6.45) is 1.33. The van der Waals surface area contributed by atoms with Crippen LogP contribution in [0.25, 0.3) is 10.9 Å². The zero-order valence-corrected chi connectivity index (χ0v) is 11.1. The van der Waals surface area contributed by atoms with Crippen molar-refractivity contribution in [1.82, 2.24) is 9.97 Å². The number of aromatic amines is 1. The Balaban J connectivity index is 2.27. The van der Waals surface area contributed by atoms with Crippen LogP contribution in [-0.4, -0.2) is 28.3 Å². The van der Waals surface area contributed by atoms with Crippen molar-refractivity contribution in [2.75, 3.05) is 18.1 Å². The number of nitrogens with zero attached hydrogens (tertiary/aromatic N) is 1. The minimum absolute atomic E-state index is 0.173. The number of carbonyl (C=O) groups is 1. The fourth-order valence-electron chi connectivity index (χ4n) is 1.58. The van der Waals surface area contributed by atoms with Crippen molar-refractivity contribution in [2.45, 2.75) is 11.8 Å². The molecule has 0 radical (unpaired) electrons. The lowest BCUT2D eigenvalue weighted by Crippen LogP contribution is -2.08. The van der Waals surface area contributed by atoms with E-state index in [1.165, 1.54) is 18.1 Å². The fraction of sp³-hybridized carbons (Fsp3) is 0.250. The predicted octanol–water partition coefficient (Wildman–Crippen LogP) is 1.16. The third-order valence-corrected chi connectivity index (χ3v) is 3.47. The Morgan fingerprint density at radius 1 is 1.53 bits per heavy atom. The van der Waals surface area contributed by atoms with Crippen LogP contribution in [-0.2, 0) is 9.53 Å². The Bertz CT molecular complexity index is 669. The van der Waals surface area contributed by atoms with Crippen molar-refractivity contribution in [2.24, 2.45) is 0 Å². The average Bonchev–Trinajstić information content (AvgIpc) is 2.38. The second-order valence-corrected chi connectivity index (χ2v) is 4.75. The van der Waals surface area contributed by atoms with Crippen LogP contribution in [0.3, 0.4) is 0 Å². The summed E-state index contributed by atoms with van der Waals surface area (Å²) in [7, 11) is 0. The first kappa shape index (κ1) is 13.4. The maximum atomic E-state index is 11.6. The number of anilines is 1. The van der Waals surface area contributed by atoms with Gasteiger partial charge in [-0.2, -0.15) is 0 Å². The summed E-state index contributed by atoms with van der Waals surface area (Å²) in [6, 6.07) is 3.26. The molecular formula is C12H13N3O3S. The van der Waals surface area contributed by atoms with Gasteiger partial charge in [0.15, 0.2) is 0 Å². The number of carbonyl (C=O) groups excluding carboxylic acids is 1. The summed E-state index contributed by atoms with van der Waals surface area (Å²) in [5, 5.41) is 0.431. The standard InChI is InChI=1S/C12H13N3O3S/c1-2-18-11(16)5-19-10-4-9-7(3-8(10)13)12(17)15-6-14-9/h3-4,6H,2,5,13H2,1H3,(H,14,15,17). The van der Waals surface area contributed by atoms with Crippen molar-refractivity contribution >= 4 is 34.3 Å². The van der Waals surface area contributed by atoms with Crippen LogP contribution in [0.5, 0.6) is 0 Å². The number of ether oxygens (including phenoxy) is 1. The first-order chi connectivity index (χ1) is 9.11. The molecule has 1 aromatic heterocycles. The number of rotatable bonds is 4. The minimum atomic E-state index is -0.300. The number of nitrogens with two attached hydrogens (primary N) is 1. The number of hydrogen-bond donors (Lipinski definition) is 2. The van der Waals surface area contributed by atoms with E-state index in [9.17, 15) is 9.59 Å². The number of H-pyrrole nitrogens is 1. The first-order valence-electron chi connectivity index (χ1n) is 5.67. The van der Waals surface area contributed by atoms with E-state index in [1.807, 2.05) is 0 Å². The van der Waals surface area contributed by atoms with E-state index in [0.717, 1.165) is 0 Å². The molecule has 3 N–H and O–H groups in total. The number of benzene rings is 1. The molecular weight excluding hydrogens is 266 g/mol. The summed E-state index contributed by atoms with van der Waals surface area (Å²) < 4.78 is 4.84. The van der Waals surface area contributed by atoms with Crippen molar-refractivity contribution < 1.29 is 9.53 Å². The van der Waals surface area contributed by atoms with Crippen LogP contribution in [0.15, 0.2) is 28.2 Å². The van der Waals surface area contributed by atoms with E-state index in [2.05, 4.69) is 9.97 Å². The van der Waals surface area contributed by atoms with Gasteiger partial charge in [0.05, 0.1) is 29.6 Å². The maximum Gasteiger partial charge on any atom is 0.316 e. The first-order valence-corrected chi connectivity index (χ1v) is 6.65. The smallest absolute Gasteiger partial charge is 0.316 e. The molecule has 6 nitrogen and oxygen atoms in total. The minimum Gasteiger partial charge on any atom is -0.465 e. The largest absolute Gasteiger partial charge is 0.465 e. The normalized spacial score (nSPS) is 10.6. The van der Waals surface area contributed by atoms with Crippen molar-refractivity contribution in [3.8, 4) is 0 Å². The van der Waals surface area contributed by atoms with Crippen molar-refractivity contribution in [3.05, 3.63) is 28.8 Å². The van der Waals surface area contributed by atoms with Gasteiger partial charge < -0.3 is 15.5 Å². The van der Waals surface area contributed by atoms with Crippen LogP contribution in [0.1, 0.15) is 6.92 Å². The molecule has 0 amide bonds. The molecule has 2 aromatic rings. The number of nitrogen functional groups attached to an aromatic ring is 1. The molecule has 0 bridgehead atoms. The second kappa shape index (κ2) is 5.75. The number of esters is 1. The van der Waals surface area contributed by atoms with Gasteiger partial charge in [-0.15, -0.1) is 11.8 Å². The highest BCUT2D eigenvalue weighted by Crippen LogP contribution is 2.27. The van der Waals surface area contributed by atoms with Crippen molar-refractivity contribution in [1.29, 1.82) is 0 Å². The van der Waals surface area contributed by atoms with Gasteiger partial charge >= 0.3 is 5.97 Å². The zero-order valence-electron chi connectivity index (χ0n) is 10.3. The number of thioether (sulfide) groups is 1. The third kappa shape index (κ3) is 3.05. The molecule has 19 heavy (non-hydrogen) atoms. The van der Waals surface area contributed by atoms with Crippen molar-refractivity contribution in [3.63, 3.8) is 0 Å². The molecule has 1 heterocycles. The Kier molecular flexibility index (Phi) is 4.06. The Morgan fingerprint density at radius 3 is 3.05 bits per heavy atom. The van der Waals surface area contributed by atoms with Gasteiger partial charge in [-0.25, -0.2) is 4.98 Å². The van der Waals surface area contributed by atoms with Crippen LogP contribution in [0.2, 0.25) is 0 Å². The molecule has 0 aliphatic carbocycles. The van der Waals surface area contributed by atoms with E-state index in [1.54, 1.807) is 19.1 Å². The van der Waals surface area contributed by atoms with Gasteiger partial charge in [-0.1, -0.05) is 0 Å². The van der Waals surface area contributed by atoms with E-state index in [0.29, 0.717) is 28.1 Å². The summed E-state index contributed by atoms with van der Waals surface area (Å²) in [5.74, 6) is -0.127. The lowest BCUT2D eigenvalue weighted by Gasteiger charge is -2.06. The predicted molar refractivity (Wildman–Crippen MR) is 74.1 cm³/mol. The molecule has 2 rings (SSSR count). The highest BCUT2D eigenvalue weighted by atomic mass is 32.2. The highest BCUT2D eigenvalue weighted by molar-refractivity contribution is 8.00. The van der Waals surface area contributed by atoms with Crippen LogP contribution in [0.4, 0.5) is 5.69 Å². The lowest BCUT2D eigenvalue weighted by atomic mass is 10.2. The van der Waals surface area contributed by atoms with Gasteiger partial charge in [0, 0.05) is 10.6 Å². The molecule has 100 valence electrons. The molecule has 0 aliphatic rings. The quantitative estimate of drug-likeness (QED) is 0.495. The average molecular weight is 279 g/mol. The van der Waals surface area contributed by atoms with Gasteiger partial charge in [0.25, 0.3) is 5.56 Å². The number of fused-ring (bicyclic) bond motifs is 1. The van der Waals surface area contributed by atoms with Crippen LogP contribution >= 0.6 is 11.8 Å². The molecule has 1 aromatic carbocycles. The Labute approximate surface area is 113 Å². The summed E-state index contributed by atoms with van der Waals surface area (Å²) >= 11 is 1.26. The van der Waals surface area contributed by atoms with E-state index in [4.69, 9.17) is 10.5 Å². The molecule has 7 heteroatoms. The summed E-state index contributed by atoms with van der Waals surface area (Å²) in [5.41, 5.74) is 6.62. The summed E-state index contributed by atoms with van der Waals surface area (Å²) in [4.78, 5) is 30.1. The van der Waals surface area contributed by atoms with Crippen LogP contribution < -0.4 is 11.3 Å². The monoisotopic (exact) mass is 279 g/mol. The Morgan fingerprint density at radius 2 is 2.32 bits per heavy atom. The van der Waals surface area contributed by atoms with Gasteiger partial charge in [0.1, 0.15) is 0 Å². The van der Waals surface area contributed by atoms with E-state index < -0.39 is 0 Å². The maximum absolute atomic E-state index is 11.6. The summed E-state index contributed by atoms with van der Waals surface area (Å²) in [6.45, 7) is 2.10. The number of nitrogens with one attached hydrogen (secondary N) is 1. The SMILES string of the molecule is CCOC(=O)CSc1cc2nc[nH]c(=O)c2cc1N. The molecule has 0 saturated carbocycles. The fourth-order valence-corrected chi connectivity index (χ4v) is 2.35. The molecule has 0 atom stereocenters. The second-order valence-electron chi connectivity index (χ2n) is 3.73. The lowest BCUT2D eigenvalue weighted by molar-refractivity contribution is -0.139. The third-order valence-electron chi connectivity index (χ3n) is 2.42. The van der Waals surface area contributed by atoms with Gasteiger partial charge in [-0.05, 0) is 19.1 Å². The molecule has 0 aliphatic heterocycles. The molecule has 0 unspecified atom stereocenters. The molecule has 0 saturated heterocycles. The Hall–Kier alpha value is -2.02. The number of aromatic nitrogens is 2. The molecule has 0 fully saturated rings. The van der Waals surface area contributed by atoms with Gasteiger partial charge in [-0.3, -0.25) is 9.59 Å². The zero-order chi connectivity index (χ0) is 13.8. The highest BCUT2D eigenvalue weighted by Gasteiger charge is 2.09. The number of hydrogen-bond acceptors (Lipinski definition) is 6.